The summed E-state index contributed by atoms with van der Waals surface area (Å²) in [5.74, 6) is 0.510. The summed E-state index contributed by atoms with van der Waals surface area (Å²) in [6.07, 6.45) is 5.19. The van der Waals surface area contributed by atoms with Gasteiger partial charge in [0.25, 0.3) is 0 Å². The van der Waals surface area contributed by atoms with Gasteiger partial charge in [-0.25, -0.2) is 0 Å². The van der Waals surface area contributed by atoms with E-state index in [1.54, 1.807) is 0 Å². The number of benzene rings is 1. The third-order valence-electron chi connectivity index (χ3n) is 4.61. The van der Waals surface area contributed by atoms with Crippen molar-refractivity contribution in [2.24, 2.45) is 10.7 Å². The quantitative estimate of drug-likeness (QED) is 0.601. The highest BCUT2D eigenvalue weighted by Crippen LogP contribution is 2.25. The second-order valence-corrected chi connectivity index (χ2v) is 6.39. The molecule has 3 N–H and O–H groups in total. The predicted molar refractivity (Wildman–Crippen MR) is 102 cm³/mol. The highest BCUT2D eigenvalue weighted by molar-refractivity contribution is 5.77. The van der Waals surface area contributed by atoms with Crippen LogP contribution in [0, 0.1) is 0 Å². The van der Waals surface area contributed by atoms with Crippen LogP contribution in [-0.4, -0.2) is 42.0 Å². The molecule has 25 heavy (non-hydrogen) atoms. The average Bonchev–Trinajstić information content (AvgIpc) is 3.18. The summed E-state index contributed by atoms with van der Waals surface area (Å²) in [7, 11) is 0. The van der Waals surface area contributed by atoms with Crippen LogP contribution in [0.3, 0.4) is 0 Å². The molecule has 1 aliphatic rings. The molecule has 0 bridgehead atoms. The van der Waals surface area contributed by atoms with Crippen LogP contribution in [0.5, 0.6) is 0 Å². The summed E-state index contributed by atoms with van der Waals surface area (Å²) >= 11 is 0. The first-order valence-corrected chi connectivity index (χ1v) is 9.05. The van der Waals surface area contributed by atoms with Crippen molar-refractivity contribution in [3.8, 4) is 0 Å². The number of aliphatic imine (C=N–C) groups is 1. The van der Waals surface area contributed by atoms with Crippen LogP contribution in [0.4, 0.5) is 0 Å². The summed E-state index contributed by atoms with van der Waals surface area (Å²) in [5, 5.41) is 3.20. The molecule has 0 spiro atoms. The van der Waals surface area contributed by atoms with Crippen LogP contribution < -0.4 is 11.1 Å². The Labute approximate surface area is 150 Å². The topological polar surface area (TPSA) is 66.5 Å². The number of hydrogen-bond acceptors (Lipinski definition) is 3. The second-order valence-electron chi connectivity index (χ2n) is 6.39. The van der Waals surface area contributed by atoms with Gasteiger partial charge in [0.05, 0.1) is 12.6 Å². The maximum Gasteiger partial charge on any atom is 0.188 e. The van der Waals surface area contributed by atoms with Crippen molar-refractivity contribution in [1.82, 2.24) is 15.2 Å². The first-order valence-electron chi connectivity index (χ1n) is 9.05. The van der Waals surface area contributed by atoms with E-state index in [9.17, 15) is 0 Å². The molecule has 2 aromatic rings. The molecule has 0 saturated carbocycles. The first kappa shape index (κ1) is 17.4. The fraction of sp³-hybridized carbons (Fsp3) is 0.400. The van der Waals surface area contributed by atoms with E-state index < -0.39 is 0 Å². The fourth-order valence-electron chi connectivity index (χ4n) is 3.27. The van der Waals surface area contributed by atoms with Crippen molar-refractivity contribution in [2.75, 3.05) is 26.2 Å². The van der Waals surface area contributed by atoms with Gasteiger partial charge >= 0.3 is 0 Å². The van der Waals surface area contributed by atoms with Gasteiger partial charge in [0.2, 0.25) is 0 Å². The van der Waals surface area contributed by atoms with Crippen molar-refractivity contribution in [1.29, 1.82) is 0 Å². The number of aromatic nitrogens is 1. The average molecular weight is 337 g/mol. The van der Waals surface area contributed by atoms with E-state index in [-0.39, 0.29) is 0 Å². The molecule has 1 unspecified atom stereocenters. The van der Waals surface area contributed by atoms with Crippen LogP contribution in [0.1, 0.15) is 30.1 Å². The van der Waals surface area contributed by atoms with E-state index in [2.05, 4.69) is 50.5 Å². The molecule has 0 amide bonds. The van der Waals surface area contributed by atoms with E-state index >= 15 is 0 Å². The van der Waals surface area contributed by atoms with Crippen LogP contribution in [0.25, 0.3) is 0 Å². The van der Waals surface area contributed by atoms with Gasteiger partial charge in [-0.05, 0) is 43.6 Å². The fourth-order valence-corrected chi connectivity index (χ4v) is 3.27. The van der Waals surface area contributed by atoms with Crippen LogP contribution in [0.15, 0.2) is 59.7 Å². The third-order valence-corrected chi connectivity index (χ3v) is 4.61. The van der Waals surface area contributed by atoms with Gasteiger partial charge in [-0.1, -0.05) is 36.4 Å². The van der Waals surface area contributed by atoms with Gasteiger partial charge < -0.3 is 11.1 Å². The number of hydrogen-bond donors (Lipinski definition) is 2. The zero-order valence-electron chi connectivity index (χ0n) is 14.6. The van der Waals surface area contributed by atoms with Crippen molar-refractivity contribution in [2.45, 2.75) is 25.3 Å². The number of likely N-dealkylation sites (tertiary alicyclic amines) is 1. The number of rotatable bonds is 7. The van der Waals surface area contributed by atoms with Gasteiger partial charge in [-0.15, -0.1) is 0 Å². The van der Waals surface area contributed by atoms with E-state index in [1.807, 2.05) is 24.4 Å². The van der Waals surface area contributed by atoms with Crippen LogP contribution >= 0.6 is 0 Å². The van der Waals surface area contributed by atoms with Gasteiger partial charge in [0.15, 0.2) is 5.96 Å². The minimum absolute atomic E-state index is 0.305. The molecule has 1 atom stereocenters. The van der Waals surface area contributed by atoms with Crippen molar-refractivity contribution >= 4 is 5.96 Å². The zero-order valence-corrected chi connectivity index (χ0v) is 14.6. The van der Waals surface area contributed by atoms with E-state index in [0.717, 1.165) is 31.7 Å². The summed E-state index contributed by atoms with van der Waals surface area (Å²) in [5.41, 5.74) is 8.43. The number of pyridine rings is 1. The molecule has 5 heteroatoms. The normalized spacial score (nSPS) is 16.7. The number of nitrogens with one attached hydrogen (secondary N) is 1. The molecule has 5 nitrogen and oxygen atoms in total. The largest absolute Gasteiger partial charge is 0.370 e. The Morgan fingerprint density at radius 2 is 1.88 bits per heavy atom. The lowest BCUT2D eigenvalue weighted by Crippen LogP contribution is -2.35. The Kier molecular flexibility index (Phi) is 6.40. The number of nitrogens with zero attached hydrogens (tertiary/aromatic N) is 3. The summed E-state index contributed by atoms with van der Waals surface area (Å²) in [6, 6.07) is 16.9. The molecule has 1 saturated heterocycles. The molecule has 1 fully saturated rings. The smallest absolute Gasteiger partial charge is 0.188 e. The summed E-state index contributed by atoms with van der Waals surface area (Å²) in [4.78, 5) is 11.4. The highest BCUT2D eigenvalue weighted by atomic mass is 15.2. The second kappa shape index (κ2) is 9.18. The van der Waals surface area contributed by atoms with E-state index in [1.165, 1.54) is 18.4 Å². The molecule has 2 heterocycles. The lowest BCUT2D eigenvalue weighted by atomic mass is 10.1. The molecule has 132 valence electrons. The molecule has 0 aliphatic carbocycles. The summed E-state index contributed by atoms with van der Waals surface area (Å²) < 4.78 is 0. The van der Waals surface area contributed by atoms with Gasteiger partial charge in [0, 0.05) is 24.9 Å². The lowest BCUT2D eigenvalue weighted by Gasteiger charge is -2.26. The Balaban J connectivity index is 1.54. The Morgan fingerprint density at radius 3 is 2.60 bits per heavy atom. The monoisotopic (exact) mass is 337 g/mol. The predicted octanol–water partition coefficient (Wildman–Crippen LogP) is 2.37. The Hall–Kier alpha value is -2.40. The van der Waals surface area contributed by atoms with Crippen molar-refractivity contribution in [3.63, 3.8) is 0 Å². The summed E-state index contributed by atoms with van der Waals surface area (Å²) in [6.45, 7) is 3.71. The molecular weight excluding hydrogens is 310 g/mol. The highest BCUT2D eigenvalue weighted by Gasteiger charge is 2.23. The van der Waals surface area contributed by atoms with Crippen LogP contribution in [-0.2, 0) is 6.42 Å². The van der Waals surface area contributed by atoms with Crippen molar-refractivity contribution in [3.05, 3.63) is 66.0 Å². The standard InChI is InChI=1S/C20H27N5/c21-20(23-13-11-18-10-4-5-12-22-18)24-16-19(25-14-6-7-15-25)17-8-2-1-3-9-17/h1-5,8-10,12,19H,6-7,11,13-16H2,(H3,21,23,24). The first-order chi connectivity index (χ1) is 12.3. The zero-order chi connectivity index (χ0) is 17.3. The number of guanidine groups is 1. The van der Waals surface area contributed by atoms with E-state index in [0.29, 0.717) is 18.5 Å². The molecule has 1 aromatic heterocycles. The number of nitrogens with two attached hydrogens (primary N) is 1. The van der Waals surface area contributed by atoms with E-state index in [4.69, 9.17) is 5.73 Å². The Morgan fingerprint density at radius 1 is 1.12 bits per heavy atom. The van der Waals surface area contributed by atoms with Crippen molar-refractivity contribution < 1.29 is 0 Å². The van der Waals surface area contributed by atoms with Crippen LogP contribution in [0.2, 0.25) is 0 Å². The lowest BCUT2D eigenvalue weighted by molar-refractivity contribution is 0.251. The minimum atomic E-state index is 0.305. The SMILES string of the molecule is NC(=NCC(c1ccccc1)N1CCCC1)NCCc1ccccn1. The minimum Gasteiger partial charge on any atom is -0.370 e. The molecule has 1 aliphatic heterocycles. The molecular formula is C20H27N5. The maximum absolute atomic E-state index is 6.06. The molecule has 0 radical (unpaired) electrons. The Bertz CT molecular complexity index is 650. The maximum atomic E-state index is 6.06. The van der Waals surface area contributed by atoms with Gasteiger partial charge in [0.1, 0.15) is 0 Å². The van der Waals surface area contributed by atoms with Gasteiger partial charge in [-0.2, -0.15) is 0 Å². The molecule has 1 aromatic carbocycles. The molecule has 3 rings (SSSR count). The third kappa shape index (κ3) is 5.29. The van der Waals surface area contributed by atoms with Gasteiger partial charge in [-0.3, -0.25) is 14.9 Å².